The third-order valence-corrected chi connectivity index (χ3v) is 3.65. The zero-order valence-electron chi connectivity index (χ0n) is 10.6. The second-order valence-corrected chi connectivity index (χ2v) is 4.98. The van der Waals surface area contributed by atoms with Gasteiger partial charge in [0.05, 0.1) is 0 Å². The van der Waals surface area contributed by atoms with Crippen LogP contribution < -0.4 is 0 Å². The van der Waals surface area contributed by atoms with Gasteiger partial charge >= 0.3 is 0 Å². The molecule has 0 heterocycles. The molecule has 0 aromatic heterocycles. The summed E-state index contributed by atoms with van der Waals surface area (Å²) in [5.41, 5.74) is 0. The van der Waals surface area contributed by atoms with E-state index in [1.807, 2.05) is 0 Å². The third kappa shape index (κ3) is 3.46. The first-order valence-corrected chi connectivity index (χ1v) is 6.64. The van der Waals surface area contributed by atoms with Crippen LogP contribution in [0.2, 0.25) is 0 Å². The highest BCUT2D eigenvalue weighted by atomic mass is 16.3. The Balaban J connectivity index is 2.55. The molecule has 1 fully saturated rings. The van der Waals surface area contributed by atoms with Gasteiger partial charge in [-0.05, 0) is 31.6 Å². The van der Waals surface area contributed by atoms with Crippen molar-refractivity contribution in [3.63, 3.8) is 0 Å². The van der Waals surface area contributed by atoms with Gasteiger partial charge < -0.3 is 5.11 Å². The van der Waals surface area contributed by atoms with Gasteiger partial charge in [0.1, 0.15) is 6.23 Å². The van der Waals surface area contributed by atoms with Crippen LogP contribution in [0.4, 0.5) is 0 Å². The van der Waals surface area contributed by atoms with E-state index in [2.05, 4.69) is 25.7 Å². The summed E-state index contributed by atoms with van der Waals surface area (Å²) in [6.45, 7) is 7.73. The summed E-state index contributed by atoms with van der Waals surface area (Å²) < 4.78 is 0. The van der Waals surface area contributed by atoms with Crippen molar-refractivity contribution >= 4 is 0 Å². The van der Waals surface area contributed by atoms with E-state index in [1.54, 1.807) is 0 Å². The number of nitrogens with zero attached hydrogens (tertiary/aromatic N) is 1. The predicted octanol–water partition coefficient (Wildman–Crippen LogP) is 3.01. The average molecular weight is 213 g/mol. The van der Waals surface area contributed by atoms with Gasteiger partial charge in [-0.3, -0.25) is 4.90 Å². The fourth-order valence-corrected chi connectivity index (χ4v) is 2.84. The molecule has 2 heteroatoms. The molecule has 1 aliphatic carbocycles. The lowest BCUT2D eigenvalue weighted by atomic mass is 10.0. The van der Waals surface area contributed by atoms with Crippen molar-refractivity contribution < 1.29 is 5.11 Å². The largest absolute Gasteiger partial charge is 0.378 e. The summed E-state index contributed by atoms with van der Waals surface area (Å²) in [7, 11) is 0. The van der Waals surface area contributed by atoms with Crippen LogP contribution in [0.25, 0.3) is 0 Å². The van der Waals surface area contributed by atoms with Gasteiger partial charge in [-0.2, -0.15) is 0 Å². The second-order valence-electron chi connectivity index (χ2n) is 4.98. The molecule has 0 aliphatic heterocycles. The Labute approximate surface area is 94.7 Å². The Kier molecular flexibility index (Phi) is 5.62. The highest BCUT2D eigenvalue weighted by Gasteiger charge is 2.31. The van der Waals surface area contributed by atoms with Crippen LogP contribution in [-0.2, 0) is 0 Å². The van der Waals surface area contributed by atoms with Gasteiger partial charge in [-0.1, -0.05) is 33.6 Å². The smallest absolute Gasteiger partial charge is 0.107 e. The highest BCUT2D eigenvalue weighted by molar-refractivity contribution is 4.83. The number of hydrogen-bond donors (Lipinski definition) is 1. The van der Waals surface area contributed by atoms with E-state index in [4.69, 9.17) is 0 Å². The van der Waals surface area contributed by atoms with Gasteiger partial charge in [0.15, 0.2) is 0 Å². The second kappa shape index (κ2) is 6.49. The molecule has 0 amide bonds. The van der Waals surface area contributed by atoms with Crippen LogP contribution in [0.5, 0.6) is 0 Å². The molecular weight excluding hydrogens is 186 g/mol. The monoisotopic (exact) mass is 213 g/mol. The van der Waals surface area contributed by atoms with E-state index >= 15 is 0 Å². The van der Waals surface area contributed by atoms with Gasteiger partial charge in [0.25, 0.3) is 0 Å². The number of aliphatic hydroxyl groups excluding tert-OH is 1. The molecule has 0 saturated heterocycles. The summed E-state index contributed by atoms with van der Waals surface area (Å²) in [6, 6.07) is 0.631. The van der Waals surface area contributed by atoms with Crippen LogP contribution >= 0.6 is 0 Å². The molecule has 0 aromatic carbocycles. The first kappa shape index (κ1) is 13.0. The van der Waals surface area contributed by atoms with Crippen molar-refractivity contribution in [1.29, 1.82) is 0 Å². The zero-order chi connectivity index (χ0) is 11.3. The Morgan fingerprint density at radius 1 is 1.27 bits per heavy atom. The molecule has 0 aromatic rings. The topological polar surface area (TPSA) is 23.5 Å². The van der Waals surface area contributed by atoms with Crippen molar-refractivity contribution in [2.45, 2.75) is 71.6 Å². The van der Waals surface area contributed by atoms with E-state index in [1.165, 1.54) is 19.3 Å². The zero-order valence-corrected chi connectivity index (χ0v) is 10.6. The van der Waals surface area contributed by atoms with Crippen molar-refractivity contribution in [3.8, 4) is 0 Å². The summed E-state index contributed by atoms with van der Waals surface area (Å²) in [5, 5.41) is 10.1. The van der Waals surface area contributed by atoms with Crippen molar-refractivity contribution in [2.75, 3.05) is 6.54 Å². The summed E-state index contributed by atoms with van der Waals surface area (Å²) >= 11 is 0. The first-order chi connectivity index (χ1) is 7.20. The Bertz CT molecular complexity index is 172. The van der Waals surface area contributed by atoms with Crippen molar-refractivity contribution in [3.05, 3.63) is 0 Å². The molecular formula is C13H27NO. The fourth-order valence-electron chi connectivity index (χ4n) is 2.84. The predicted molar refractivity (Wildman–Crippen MR) is 64.7 cm³/mol. The number of rotatable bonds is 6. The van der Waals surface area contributed by atoms with E-state index in [0.29, 0.717) is 6.04 Å². The van der Waals surface area contributed by atoms with Crippen molar-refractivity contribution in [2.24, 2.45) is 5.92 Å². The lowest BCUT2D eigenvalue weighted by Crippen LogP contribution is -2.44. The number of aliphatic hydroxyl groups is 1. The van der Waals surface area contributed by atoms with Gasteiger partial charge in [-0.15, -0.1) is 0 Å². The molecule has 3 unspecified atom stereocenters. The molecule has 15 heavy (non-hydrogen) atoms. The van der Waals surface area contributed by atoms with Gasteiger partial charge in [0.2, 0.25) is 0 Å². The van der Waals surface area contributed by atoms with Gasteiger partial charge in [-0.25, -0.2) is 0 Å². The van der Waals surface area contributed by atoms with Crippen LogP contribution in [-0.4, -0.2) is 28.8 Å². The van der Waals surface area contributed by atoms with E-state index in [9.17, 15) is 5.11 Å². The Morgan fingerprint density at radius 2 is 2.00 bits per heavy atom. The Morgan fingerprint density at radius 3 is 2.47 bits per heavy atom. The normalized spacial score (nSPS) is 28.6. The molecule has 1 aliphatic rings. The summed E-state index contributed by atoms with van der Waals surface area (Å²) in [5.74, 6) is 0.767. The lowest BCUT2D eigenvalue weighted by molar-refractivity contribution is -0.0386. The Hall–Kier alpha value is -0.0800. The van der Waals surface area contributed by atoms with E-state index < -0.39 is 0 Å². The maximum Gasteiger partial charge on any atom is 0.107 e. The molecule has 1 saturated carbocycles. The minimum atomic E-state index is -0.208. The molecule has 0 radical (unpaired) electrons. The van der Waals surface area contributed by atoms with E-state index in [-0.39, 0.29) is 6.23 Å². The van der Waals surface area contributed by atoms with Crippen LogP contribution in [0.3, 0.4) is 0 Å². The van der Waals surface area contributed by atoms with E-state index in [0.717, 1.165) is 31.7 Å². The highest BCUT2D eigenvalue weighted by Crippen LogP contribution is 2.31. The lowest BCUT2D eigenvalue weighted by Gasteiger charge is -2.35. The summed E-state index contributed by atoms with van der Waals surface area (Å²) in [6.07, 6.45) is 6.88. The molecule has 1 rings (SSSR count). The SMILES string of the molecule is CCCC(O)N(CCC)C1CCCC1C. The minimum Gasteiger partial charge on any atom is -0.378 e. The fraction of sp³-hybridized carbons (Fsp3) is 1.00. The van der Waals surface area contributed by atoms with Crippen LogP contribution in [0.1, 0.15) is 59.3 Å². The van der Waals surface area contributed by atoms with Crippen molar-refractivity contribution in [1.82, 2.24) is 4.90 Å². The first-order valence-electron chi connectivity index (χ1n) is 6.64. The molecule has 1 N–H and O–H groups in total. The standard InChI is InChI=1S/C13H27NO/c1-4-7-13(15)14(10-5-2)12-9-6-8-11(12)3/h11-13,15H,4-10H2,1-3H3. The molecule has 3 atom stereocenters. The van der Waals surface area contributed by atoms with Crippen LogP contribution in [0, 0.1) is 5.92 Å². The quantitative estimate of drug-likeness (QED) is 0.686. The molecule has 0 spiro atoms. The number of hydrogen-bond acceptors (Lipinski definition) is 2. The maximum atomic E-state index is 10.1. The minimum absolute atomic E-state index is 0.208. The van der Waals surface area contributed by atoms with Crippen LogP contribution in [0.15, 0.2) is 0 Å². The summed E-state index contributed by atoms with van der Waals surface area (Å²) in [4.78, 5) is 2.35. The maximum absolute atomic E-state index is 10.1. The third-order valence-electron chi connectivity index (χ3n) is 3.65. The molecule has 90 valence electrons. The average Bonchev–Trinajstić information content (AvgIpc) is 2.61. The van der Waals surface area contributed by atoms with Gasteiger partial charge in [0, 0.05) is 12.6 Å². The molecule has 2 nitrogen and oxygen atoms in total. The molecule has 0 bridgehead atoms.